The van der Waals surface area contributed by atoms with Gasteiger partial charge in [0.1, 0.15) is 4.90 Å². The number of rotatable bonds is 7. The average Bonchev–Trinajstić information content (AvgIpc) is 3.13. The highest BCUT2D eigenvalue weighted by Crippen LogP contribution is 2.43. The first-order valence-corrected chi connectivity index (χ1v) is 9.49. The maximum absolute atomic E-state index is 12.2. The summed E-state index contributed by atoms with van der Waals surface area (Å²) >= 11 is 0. The van der Waals surface area contributed by atoms with Gasteiger partial charge in [0.05, 0.1) is 5.69 Å². The van der Waals surface area contributed by atoms with Crippen molar-refractivity contribution in [2.24, 2.45) is 0 Å². The lowest BCUT2D eigenvalue weighted by atomic mass is 10.1. The van der Waals surface area contributed by atoms with Gasteiger partial charge in [0, 0.05) is 22.6 Å². The van der Waals surface area contributed by atoms with E-state index in [1.54, 1.807) is 0 Å². The van der Waals surface area contributed by atoms with Crippen LogP contribution in [-0.4, -0.2) is 30.6 Å². The Labute approximate surface area is 129 Å². The number of hydrogen-bond acceptors (Lipinski definition) is 4. The molecule has 0 aliphatic heterocycles. The third-order valence-electron chi connectivity index (χ3n) is 3.56. The van der Waals surface area contributed by atoms with Gasteiger partial charge in [-0.25, -0.2) is 8.42 Å². The molecule has 1 aromatic heterocycles. The van der Waals surface area contributed by atoms with E-state index >= 15 is 0 Å². The minimum atomic E-state index is -4.01. The molecule has 2 rings (SSSR count). The summed E-state index contributed by atoms with van der Waals surface area (Å²) < 4.78 is 23.5. The molecule has 0 aromatic carbocycles. The van der Waals surface area contributed by atoms with Crippen LogP contribution in [0, 0.1) is 0 Å². The molecule has 1 aliphatic carbocycles. The maximum Gasteiger partial charge on any atom is 0.273 e. The molecule has 21 heavy (non-hydrogen) atoms. The topological polar surface area (TPSA) is 91.9 Å². The summed E-state index contributed by atoms with van der Waals surface area (Å²) in [5.41, 5.74) is 0.326. The summed E-state index contributed by atoms with van der Waals surface area (Å²) in [6.07, 6.45) is 4.64. The van der Waals surface area contributed by atoms with Crippen LogP contribution in [0.15, 0.2) is 4.90 Å². The monoisotopic (exact) mass is 333 g/mol. The molecule has 1 amide bonds. The number of hydrogen-bond donors (Lipinski definition) is 2. The number of halogens is 1. The van der Waals surface area contributed by atoms with Crippen molar-refractivity contribution in [3.05, 3.63) is 11.4 Å². The summed E-state index contributed by atoms with van der Waals surface area (Å²) in [6, 6.07) is -0.0376. The van der Waals surface area contributed by atoms with Gasteiger partial charge >= 0.3 is 0 Å². The van der Waals surface area contributed by atoms with Gasteiger partial charge in [0.2, 0.25) is 0 Å². The van der Waals surface area contributed by atoms with Crippen LogP contribution >= 0.6 is 10.7 Å². The Morgan fingerprint density at radius 3 is 2.71 bits per heavy atom. The summed E-state index contributed by atoms with van der Waals surface area (Å²) in [4.78, 5) is 12.1. The predicted molar refractivity (Wildman–Crippen MR) is 80.1 cm³/mol. The molecule has 1 heterocycles. The van der Waals surface area contributed by atoms with Crippen molar-refractivity contribution in [3.63, 3.8) is 0 Å². The second-order valence-corrected chi connectivity index (χ2v) is 8.05. The van der Waals surface area contributed by atoms with Gasteiger partial charge in [-0.3, -0.25) is 9.89 Å². The molecule has 0 spiro atoms. The molecule has 0 bridgehead atoms. The first kappa shape index (κ1) is 16.3. The number of carbonyl (C=O) groups is 1. The van der Waals surface area contributed by atoms with Gasteiger partial charge in [0.15, 0.2) is 5.69 Å². The Hall–Kier alpha value is -1.08. The number of H-pyrrole nitrogens is 1. The Bertz CT molecular complexity index is 623. The molecular weight excluding hydrogens is 314 g/mol. The van der Waals surface area contributed by atoms with E-state index in [1.165, 1.54) is 0 Å². The second-order valence-electron chi connectivity index (χ2n) is 5.54. The van der Waals surface area contributed by atoms with E-state index in [0.717, 1.165) is 32.1 Å². The Kier molecular flexibility index (Phi) is 4.93. The highest BCUT2D eigenvalue weighted by molar-refractivity contribution is 8.13. The Morgan fingerprint density at radius 1 is 1.52 bits per heavy atom. The maximum atomic E-state index is 12.2. The molecule has 1 aromatic rings. The molecule has 1 saturated carbocycles. The van der Waals surface area contributed by atoms with Crippen molar-refractivity contribution >= 4 is 25.6 Å². The predicted octanol–water partition coefficient (Wildman–Crippen LogP) is 2.52. The Balaban J connectivity index is 2.21. The lowest BCUT2D eigenvalue weighted by molar-refractivity contribution is 0.0929. The van der Waals surface area contributed by atoms with Gasteiger partial charge in [-0.1, -0.05) is 19.8 Å². The van der Waals surface area contributed by atoms with Gasteiger partial charge < -0.3 is 5.32 Å². The van der Waals surface area contributed by atoms with Gasteiger partial charge in [0.25, 0.3) is 15.0 Å². The average molecular weight is 334 g/mol. The zero-order chi connectivity index (χ0) is 15.6. The third kappa shape index (κ3) is 3.97. The number of carbonyl (C=O) groups excluding carboxylic acids is 1. The van der Waals surface area contributed by atoms with Crippen molar-refractivity contribution in [2.45, 2.75) is 62.8 Å². The molecule has 1 fully saturated rings. The van der Waals surface area contributed by atoms with Crippen LogP contribution in [0.3, 0.4) is 0 Å². The summed E-state index contributed by atoms with van der Waals surface area (Å²) in [5.74, 6) is -0.388. The third-order valence-corrected chi connectivity index (χ3v) is 4.92. The molecule has 1 unspecified atom stereocenters. The minimum absolute atomic E-state index is 0.0376. The van der Waals surface area contributed by atoms with Crippen molar-refractivity contribution in [1.29, 1.82) is 0 Å². The van der Waals surface area contributed by atoms with Gasteiger partial charge in [-0.2, -0.15) is 5.10 Å². The summed E-state index contributed by atoms with van der Waals surface area (Å²) in [5, 5.41) is 9.31. The van der Waals surface area contributed by atoms with Crippen molar-refractivity contribution in [2.75, 3.05) is 0 Å². The van der Waals surface area contributed by atoms with E-state index < -0.39 is 15.0 Å². The van der Waals surface area contributed by atoms with Crippen LogP contribution in [0.1, 0.15) is 68.1 Å². The summed E-state index contributed by atoms with van der Waals surface area (Å²) in [6.45, 7) is 3.96. The number of amides is 1. The molecular formula is C13H20ClN3O3S. The first-order chi connectivity index (χ1) is 9.84. The molecule has 1 atom stereocenters. The molecule has 6 nitrogen and oxygen atoms in total. The quantitative estimate of drug-likeness (QED) is 0.750. The fraction of sp³-hybridized carbons (Fsp3) is 0.692. The lowest BCUT2D eigenvalue weighted by Crippen LogP contribution is -2.33. The van der Waals surface area contributed by atoms with E-state index in [0.29, 0.717) is 5.69 Å². The number of nitrogens with zero attached hydrogens (tertiary/aromatic N) is 1. The Morgan fingerprint density at radius 2 is 2.19 bits per heavy atom. The van der Waals surface area contributed by atoms with Crippen LogP contribution in [0.25, 0.3) is 0 Å². The fourth-order valence-corrected chi connectivity index (χ4v) is 3.58. The molecule has 0 radical (unpaired) electrons. The van der Waals surface area contributed by atoms with Gasteiger partial charge in [-0.15, -0.1) is 0 Å². The van der Waals surface area contributed by atoms with Crippen LogP contribution < -0.4 is 5.32 Å². The molecule has 118 valence electrons. The molecule has 0 saturated heterocycles. The highest BCUT2D eigenvalue weighted by Gasteiger charge is 2.36. The van der Waals surface area contributed by atoms with E-state index in [9.17, 15) is 13.2 Å². The zero-order valence-electron chi connectivity index (χ0n) is 12.1. The SMILES string of the molecule is CCCCC(C)NC(=O)c1n[nH]c(C2CC2)c1S(=O)(=O)Cl. The molecule has 8 heteroatoms. The first-order valence-electron chi connectivity index (χ1n) is 7.18. The normalized spacial score (nSPS) is 16.7. The van der Waals surface area contributed by atoms with Gasteiger partial charge in [-0.05, 0) is 26.2 Å². The standard InChI is InChI=1S/C13H20ClN3O3S/c1-3-4-5-8(2)15-13(18)11-12(21(14,19)20)10(16-17-11)9-6-7-9/h8-9H,3-7H2,1-2H3,(H,15,18)(H,16,17). The van der Waals surface area contributed by atoms with Crippen molar-refractivity contribution < 1.29 is 13.2 Å². The van der Waals surface area contributed by atoms with Crippen LogP contribution in [-0.2, 0) is 9.05 Å². The van der Waals surface area contributed by atoms with Crippen molar-refractivity contribution in [1.82, 2.24) is 15.5 Å². The minimum Gasteiger partial charge on any atom is -0.348 e. The van der Waals surface area contributed by atoms with Crippen LogP contribution in [0.2, 0.25) is 0 Å². The largest absolute Gasteiger partial charge is 0.348 e. The smallest absolute Gasteiger partial charge is 0.273 e. The number of aromatic nitrogens is 2. The lowest BCUT2D eigenvalue weighted by Gasteiger charge is -2.12. The summed E-state index contributed by atoms with van der Waals surface area (Å²) in [7, 11) is 1.47. The van der Waals surface area contributed by atoms with Crippen LogP contribution in [0.4, 0.5) is 0 Å². The van der Waals surface area contributed by atoms with E-state index in [-0.39, 0.29) is 22.5 Å². The fourth-order valence-electron chi connectivity index (χ4n) is 2.27. The number of unbranched alkanes of at least 4 members (excludes halogenated alkanes) is 1. The second kappa shape index (κ2) is 6.36. The highest BCUT2D eigenvalue weighted by atomic mass is 35.7. The van der Waals surface area contributed by atoms with E-state index in [1.807, 2.05) is 6.92 Å². The molecule has 1 aliphatic rings. The zero-order valence-corrected chi connectivity index (χ0v) is 13.7. The van der Waals surface area contributed by atoms with Crippen LogP contribution in [0.5, 0.6) is 0 Å². The number of nitrogens with one attached hydrogen (secondary N) is 2. The molecule has 2 N–H and O–H groups in total. The van der Waals surface area contributed by atoms with Crippen molar-refractivity contribution in [3.8, 4) is 0 Å². The van der Waals surface area contributed by atoms with E-state index in [2.05, 4.69) is 22.4 Å². The number of aromatic amines is 1. The van der Waals surface area contributed by atoms with E-state index in [4.69, 9.17) is 10.7 Å².